The molecule has 0 spiro atoms. The van der Waals surface area contributed by atoms with Crippen LogP contribution in [-0.4, -0.2) is 15.0 Å². The number of hydrogen-bond donors (Lipinski definition) is 1. The van der Waals surface area contributed by atoms with Crippen LogP contribution in [0.2, 0.25) is 0 Å². The summed E-state index contributed by atoms with van der Waals surface area (Å²) in [5, 5.41) is 19.1. The van der Waals surface area contributed by atoms with Crippen LogP contribution in [0.1, 0.15) is 11.3 Å². The number of aryl methyl sites for hydroxylation is 1. The average Bonchev–Trinajstić information content (AvgIpc) is 2.04. The summed E-state index contributed by atoms with van der Waals surface area (Å²) in [6.45, 7) is 1.30. The maximum absolute atomic E-state index is 10.4. The van der Waals surface area contributed by atoms with E-state index in [4.69, 9.17) is 5.11 Å². The molecule has 0 aliphatic carbocycles. The lowest BCUT2D eigenvalue weighted by Crippen LogP contribution is -1.98. The van der Waals surface area contributed by atoms with Gasteiger partial charge in [-0.2, -0.15) is 0 Å². The normalized spacial score (nSPS) is 9.83. The summed E-state index contributed by atoms with van der Waals surface area (Å²) in [5.74, 6) is 0. The Morgan fingerprint density at radius 1 is 1.75 bits per heavy atom. The number of aromatic nitrogens is 1. The van der Waals surface area contributed by atoms with Crippen LogP contribution in [0.25, 0.3) is 0 Å². The zero-order valence-corrected chi connectivity index (χ0v) is 6.52. The Morgan fingerprint density at radius 3 is 2.92 bits per heavy atom. The zero-order valence-electron chi connectivity index (χ0n) is 6.52. The molecule has 1 rings (SSSR count). The van der Waals surface area contributed by atoms with Crippen molar-refractivity contribution in [1.82, 2.24) is 4.98 Å². The van der Waals surface area contributed by atoms with Gasteiger partial charge in [-0.25, -0.2) is 0 Å². The molecule has 0 aliphatic rings. The van der Waals surface area contributed by atoms with Gasteiger partial charge in [-0.1, -0.05) is 0 Å². The molecule has 1 aromatic rings. The minimum Gasteiger partial charge on any atom is -0.390 e. The number of hydrogen-bond acceptors (Lipinski definition) is 4. The third kappa shape index (κ3) is 1.57. The van der Waals surface area contributed by atoms with E-state index in [1.165, 1.54) is 12.3 Å². The highest BCUT2D eigenvalue weighted by atomic mass is 16.6. The summed E-state index contributed by atoms with van der Waals surface area (Å²) >= 11 is 0. The van der Waals surface area contributed by atoms with E-state index in [0.717, 1.165) is 0 Å². The van der Waals surface area contributed by atoms with Gasteiger partial charge in [0.15, 0.2) is 0 Å². The summed E-state index contributed by atoms with van der Waals surface area (Å²) in [7, 11) is 0. The second-order valence-corrected chi connectivity index (χ2v) is 2.39. The standard InChI is InChI=1S/C7H8N2O3/c1-5-2-7(9(11)12)6(4-10)8-3-5/h2-3,10H,4H2,1H3. The van der Waals surface area contributed by atoms with Crippen molar-refractivity contribution in [2.45, 2.75) is 13.5 Å². The summed E-state index contributed by atoms with van der Waals surface area (Å²) in [6, 6.07) is 1.39. The molecular weight excluding hydrogens is 160 g/mol. The Hall–Kier alpha value is -1.49. The van der Waals surface area contributed by atoms with Crippen LogP contribution in [0.15, 0.2) is 12.3 Å². The Kier molecular flexibility index (Phi) is 2.35. The highest BCUT2D eigenvalue weighted by molar-refractivity contribution is 5.37. The smallest absolute Gasteiger partial charge is 0.293 e. The van der Waals surface area contributed by atoms with E-state index in [1.807, 2.05) is 0 Å². The second-order valence-electron chi connectivity index (χ2n) is 2.39. The van der Waals surface area contributed by atoms with E-state index in [1.54, 1.807) is 6.92 Å². The van der Waals surface area contributed by atoms with Crippen molar-refractivity contribution in [2.24, 2.45) is 0 Å². The predicted octanol–water partition coefficient (Wildman–Crippen LogP) is 0.791. The van der Waals surface area contributed by atoms with Crippen LogP contribution in [0, 0.1) is 17.0 Å². The molecule has 1 aromatic heterocycles. The van der Waals surface area contributed by atoms with Gasteiger partial charge >= 0.3 is 0 Å². The molecule has 5 heteroatoms. The quantitative estimate of drug-likeness (QED) is 0.523. The second kappa shape index (κ2) is 3.27. The monoisotopic (exact) mass is 168 g/mol. The first-order valence-electron chi connectivity index (χ1n) is 3.36. The van der Waals surface area contributed by atoms with E-state index in [2.05, 4.69) is 4.98 Å². The van der Waals surface area contributed by atoms with Crippen LogP contribution in [0.5, 0.6) is 0 Å². The highest BCUT2D eigenvalue weighted by Gasteiger charge is 2.13. The van der Waals surface area contributed by atoms with Crippen molar-refractivity contribution >= 4 is 5.69 Å². The molecule has 12 heavy (non-hydrogen) atoms. The van der Waals surface area contributed by atoms with Crippen LogP contribution < -0.4 is 0 Å². The molecule has 0 saturated carbocycles. The molecule has 5 nitrogen and oxygen atoms in total. The lowest BCUT2D eigenvalue weighted by atomic mass is 10.2. The van der Waals surface area contributed by atoms with Crippen LogP contribution in [0.3, 0.4) is 0 Å². The van der Waals surface area contributed by atoms with Gasteiger partial charge in [0.1, 0.15) is 5.69 Å². The molecule has 0 atom stereocenters. The van der Waals surface area contributed by atoms with E-state index >= 15 is 0 Å². The summed E-state index contributed by atoms with van der Waals surface area (Å²) in [5.41, 5.74) is 0.682. The Morgan fingerprint density at radius 2 is 2.42 bits per heavy atom. The topological polar surface area (TPSA) is 76.3 Å². The van der Waals surface area contributed by atoms with Gasteiger partial charge < -0.3 is 5.11 Å². The van der Waals surface area contributed by atoms with Gasteiger partial charge in [0.05, 0.1) is 11.5 Å². The summed E-state index contributed by atoms with van der Waals surface area (Å²) in [4.78, 5) is 13.6. The maximum Gasteiger partial charge on any atom is 0.293 e. The maximum atomic E-state index is 10.4. The lowest BCUT2D eigenvalue weighted by molar-refractivity contribution is -0.386. The average molecular weight is 168 g/mol. The van der Waals surface area contributed by atoms with Crippen molar-refractivity contribution in [1.29, 1.82) is 0 Å². The third-order valence-electron chi connectivity index (χ3n) is 1.43. The molecular formula is C7H8N2O3. The van der Waals surface area contributed by atoms with Gasteiger partial charge in [0.25, 0.3) is 5.69 Å². The fourth-order valence-electron chi connectivity index (χ4n) is 0.862. The summed E-state index contributed by atoms with van der Waals surface area (Å²) < 4.78 is 0. The first kappa shape index (κ1) is 8.61. The van der Waals surface area contributed by atoms with Crippen LogP contribution in [-0.2, 0) is 6.61 Å². The number of nitro groups is 1. The third-order valence-corrected chi connectivity index (χ3v) is 1.43. The molecule has 0 radical (unpaired) electrons. The van der Waals surface area contributed by atoms with E-state index in [9.17, 15) is 10.1 Å². The largest absolute Gasteiger partial charge is 0.390 e. The Labute approximate surface area is 68.8 Å². The predicted molar refractivity (Wildman–Crippen MR) is 41.6 cm³/mol. The number of rotatable bonds is 2. The van der Waals surface area contributed by atoms with Crippen LogP contribution in [0.4, 0.5) is 5.69 Å². The van der Waals surface area contributed by atoms with Crippen molar-refractivity contribution < 1.29 is 10.0 Å². The Balaban J connectivity index is 3.21. The number of aliphatic hydroxyl groups excluding tert-OH is 1. The fraction of sp³-hybridized carbons (Fsp3) is 0.286. The molecule has 0 amide bonds. The number of aliphatic hydroxyl groups is 1. The molecule has 0 aromatic carbocycles. The minimum absolute atomic E-state index is 0.102. The molecule has 0 aliphatic heterocycles. The van der Waals surface area contributed by atoms with Gasteiger partial charge in [-0.15, -0.1) is 0 Å². The molecule has 64 valence electrons. The SMILES string of the molecule is Cc1cnc(CO)c([N+](=O)[O-])c1. The van der Waals surface area contributed by atoms with Gasteiger partial charge in [-0.05, 0) is 12.5 Å². The molecule has 0 bridgehead atoms. The van der Waals surface area contributed by atoms with Crippen molar-refractivity contribution in [3.05, 3.63) is 33.6 Å². The van der Waals surface area contributed by atoms with Gasteiger partial charge in [-0.3, -0.25) is 15.1 Å². The minimum atomic E-state index is -0.550. The Bertz CT molecular complexity index is 312. The fourth-order valence-corrected chi connectivity index (χ4v) is 0.862. The molecule has 0 unspecified atom stereocenters. The first-order valence-corrected chi connectivity index (χ1v) is 3.36. The van der Waals surface area contributed by atoms with Gasteiger partial charge in [0, 0.05) is 12.3 Å². The van der Waals surface area contributed by atoms with E-state index in [-0.39, 0.29) is 11.4 Å². The number of pyridine rings is 1. The zero-order chi connectivity index (χ0) is 9.14. The van der Waals surface area contributed by atoms with Crippen molar-refractivity contribution in [3.63, 3.8) is 0 Å². The number of nitrogens with zero attached hydrogens (tertiary/aromatic N) is 2. The summed E-state index contributed by atoms with van der Waals surface area (Å²) in [6.07, 6.45) is 1.48. The van der Waals surface area contributed by atoms with Crippen molar-refractivity contribution in [2.75, 3.05) is 0 Å². The highest BCUT2D eigenvalue weighted by Crippen LogP contribution is 2.16. The van der Waals surface area contributed by atoms with E-state index in [0.29, 0.717) is 5.56 Å². The molecule has 0 fully saturated rings. The molecule has 0 saturated heterocycles. The van der Waals surface area contributed by atoms with Crippen LogP contribution >= 0.6 is 0 Å². The molecule has 1 N–H and O–H groups in total. The van der Waals surface area contributed by atoms with Gasteiger partial charge in [0.2, 0.25) is 0 Å². The van der Waals surface area contributed by atoms with E-state index < -0.39 is 11.5 Å². The van der Waals surface area contributed by atoms with Crippen molar-refractivity contribution in [3.8, 4) is 0 Å². The first-order chi connectivity index (χ1) is 5.65. The lowest BCUT2D eigenvalue weighted by Gasteiger charge is -1.98. The molecule has 1 heterocycles.